The number of rotatable bonds is 2. The van der Waals surface area contributed by atoms with Gasteiger partial charge in [0.15, 0.2) is 0 Å². The number of hydrogen-bond acceptors (Lipinski definition) is 9. The van der Waals surface area contributed by atoms with Crippen LogP contribution in [0.2, 0.25) is 0 Å². The van der Waals surface area contributed by atoms with Crippen LogP contribution in [0.3, 0.4) is 0 Å². The van der Waals surface area contributed by atoms with E-state index in [1.807, 2.05) is 0 Å². The Bertz CT molecular complexity index is 1460. The Labute approximate surface area is 211 Å². The number of imide groups is 1. The van der Waals surface area contributed by atoms with Crippen molar-refractivity contribution in [3.8, 4) is 0 Å². The normalized spacial score (nSPS) is 38.1. The number of carbonyl (C=O) groups is 3. The summed E-state index contributed by atoms with van der Waals surface area (Å²) in [6.45, 7) is 6.13. The number of carbonyl (C=O) groups excluding carboxylic acids is 3. The van der Waals surface area contributed by atoms with Gasteiger partial charge in [-0.25, -0.2) is 9.89 Å². The standard InChI is InChI=1S/C26H23N3O8/c1-5-33-23-14-27-22(4,34-23)35-26-25(36-23,18-11-7-9-13-20(18)29(26)16(3)31)24(37-26)17-10-6-8-12-19(17)28(15(2)30)21(24)32/h6-14H,5H2,1-4H3/t22-,23-,24-,25+,26+/m1/s1. The van der Waals surface area contributed by atoms with E-state index in [2.05, 4.69) is 4.99 Å². The van der Waals surface area contributed by atoms with Gasteiger partial charge in [0.25, 0.3) is 11.8 Å². The molecule has 5 heterocycles. The maximum Gasteiger partial charge on any atom is 0.327 e. The fourth-order valence-electron chi connectivity index (χ4n) is 6.40. The van der Waals surface area contributed by atoms with Gasteiger partial charge in [0.1, 0.15) is 0 Å². The zero-order chi connectivity index (χ0) is 26.0. The zero-order valence-corrected chi connectivity index (χ0v) is 20.5. The molecule has 2 aromatic carbocycles. The van der Waals surface area contributed by atoms with Crippen molar-refractivity contribution >= 4 is 35.3 Å². The predicted octanol–water partition coefficient (Wildman–Crippen LogP) is 2.23. The number of hydrogen-bond donors (Lipinski definition) is 0. The van der Waals surface area contributed by atoms with E-state index in [-0.39, 0.29) is 6.61 Å². The number of ether oxygens (including phenoxy) is 5. The van der Waals surface area contributed by atoms with Gasteiger partial charge in [0.2, 0.25) is 23.0 Å². The van der Waals surface area contributed by atoms with E-state index in [1.54, 1.807) is 62.4 Å². The van der Waals surface area contributed by atoms with Crippen molar-refractivity contribution in [3.05, 3.63) is 59.7 Å². The van der Waals surface area contributed by atoms with Gasteiger partial charge >= 0.3 is 11.9 Å². The van der Waals surface area contributed by atoms with Crippen molar-refractivity contribution in [3.63, 3.8) is 0 Å². The third-order valence-corrected chi connectivity index (χ3v) is 7.47. The number of nitrogens with zero attached hydrogens (tertiary/aromatic N) is 3. The molecule has 11 heteroatoms. The van der Waals surface area contributed by atoms with Gasteiger partial charge in [-0.2, -0.15) is 0 Å². The van der Waals surface area contributed by atoms with E-state index < -0.39 is 46.7 Å². The van der Waals surface area contributed by atoms with Crippen molar-refractivity contribution in [1.29, 1.82) is 0 Å². The van der Waals surface area contributed by atoms with Crippen LogP contribution in [0.15, 0.2) is 53.5 Å². The molecule has 0 aliphatic carbocycles. The first-order valence-electron chi connectivity index (χ1n) is 12.0. The lowest BCUT2D eigenvalue weighted by Gasteiger charge is -2.64. The van der Waals surface area contributed by atoms with E-state index >= 15 is 0 Å². The second kappa shape index (κ2) is 6.69. The average Bonchev–Trinajstić information content (AvgIpc) is 3.34. The van der Waals surface area contributed by atoms with Gasteiger partial charge in [0.05, 0.1) is 24.2 Å². The first-order chi connectivity index (χ1) is 17.6. The van der Waals surface area contributed by atoms with Gasteiger partial charge in [-0.1, -0.05) is 36.4 Å². The summed E-state index contributed by atoms with van der Waals surface area (Å²) in [6, 6.07) is 13.8. The minimum atomic E-state index is -2.01. The van der Waals surface area contributed by atoms with Crippen LogP contribution in [0.5, 0.6) is 0 Å². The van der Waals surface area contributed by atoms with E-state index in [0.29, 0.717) is 22.5 Å². The summed E-state index contributed by atoms with van der Waals surface area (Å²) >= 11 is 0. The van der Waals surface area contributed by atoms with E-state index in [0.717, 1.165) is 4.90 Å². The van der Waals surface area contributed by atoms with Crippen molar-refractivity contribution in [1.82, 2.24) is 0 Å². The Balaban J connectivity index is 1.60. The number of para-hydroxylation sites is 2. The molecular weight excluding hydrogens is 482 g/mol. The molecule has 0 N–H and O–H groups in total. The molecule has 0 radical (unpaired) electrons. The molecule has 2 bridgehead atoms. The van der Waals surface area contributed by atoms with Crippen LogP contribution in [0, 0.1) is 0 Å². The summed E-state index contributed by atoms with van der Waals surface area (Å²) < 4.78 is 31.9. The van der Waals surface area contributed by atoms with Crippen molar-refractivity contribution in [2.45, 2.75) is 56.7 Å². The predicted molar refractivity (Wildman–Crippen MR) is 126 cm³/mol. The highest BCUT2D eigenvalue weighted by molar-refractivity contribution is 6.23. The number of fused-ring (bicyclic) bond motifs is 5. The molecule has 190 valence electrons. The van der Waals surface area contributed by atoms with Crippen molar-refractivity contribution in [2.24, 2.45) is 4.99 Å². The summed E-state index contributed by atoms with van der Waals surface area (Å²) in [6.07, 6.45) is 1.34. The fraction of sp³-hybridized carbons (Fsp3) is 0.385. The molecule has 0 saturated carbocycles. The highest BCUT2D eigenvalue weighted by atomic mass is 17.0. The Morgan fingerprint density at radius 1 is 0.919 bits per heavy atom. The van der Waals surface area contributed by atoms with Crippen LogP contribution in [-0.4, -0.2) is 48.3 Å². The van der Waals surface area contributed by atoms with Gasteiger partial charge in [0, 0.05) is 31.9 Å². The average molecular weight is 505 g/mol. The molecule has 1 spiro atoms. The topological polar surface area (TPSA) is 116 Å². The third-order valence-electron chi connectivity index (χ3n) is 7.47. The van der Waals surface area contributed by atoms with Crippen molar-refractivity contribution in [2.75, 3.05) is 16.4 Å². The highest BCUT2D eigenvalue weighted by Crippen LogP contribution is 2.76. The number of aliphatic imine (C=N–C) groups is 1. The summed E-state index contributed by atoms with van der Waals surface area (Å²) in [4.78, 5) is 47.1. The summed E-state index contributed by atoms with van der Waals surface area (Å²) in [7, 11) is 0. The fourth-order valence-corrected chi connectivity index (χ4v) is 6.40. The van der Waals surface area contributed by atoms with Crippen LogP contribution in [0.25, 0.3) is 0 Å². The number of amides is 3. The van der Waals surface area contributed by atoms with E-state index in [4.69, 9.17) is 23.7 Å². The first kappa shape index (κ1) is 22.7. The van der Waals surface area contributed by atoms with Crippen LogP contribution < -0.4 is 9.80 Å². The second-order valence-corrected chi connectivity index (χ2v) is 9.59. The van der Waals surface area contributed by atoms with Gasteiger partial charge < -0.3 is 9.47 Å². The van der Waals surface area contributed by atoms with Crippen LogP contribution in [0.4, 0.5) is 11.4 Å². The monoisotopic (exact) mass is 505 g/mol. The lowest BCUT2D eigenvalue weighted by molar-refractivity contribution is -0.502. The molecular formula is C26H23N3O8. The number of anilines is 2. The van der Waals surface area contributed by atoms with Gasteiger partial charge in [-0.15, -0.1) is 0 Å². The molecule has 0 aromatic heterocycles. The zero-order valence-electron chi connectivity index (χ0n) is 20.5. The summed E-state index contributed by atoms with van der Waals surface area (Å²) in [5.74, 6) is -7.17. The molecule has 2 fully saturated rings. The molecule has 5 aliphatic rings. The molecule has 0 unspecified atom stereocenters. The van der Waals surface area contributed by atoms with Crippen LogP contribution in [0.1, 0.15) is 38.8 Å². The maximum absolute atomic E-state index is 14.4. The molecule has 5 aliphatic heterocycles. The Kier molecular flexibility index (Phi) is 4.10. The molecule has 2 saturated heterocycles. The maximum atomic E-state index is 14.4. The first-order valence-corrected chi connectivity index (χ1v) is 12.0. The second-order valence-electron chi connectivity index (χ2n) is 9.59. The molecule has 11 nitrogen and oxygen atoms in total. The lowest BCUT2D eigenvalue weighted by atomic mass is 9.67. The SMILES string of the molecule is CCO[C@]12C=N[C@](C)(O1)O[C@]13O[C@]4(C(=O)N(C(C)=O)c5ccccc54)[C@@]1(O2)c1ccccc1N3C(C)=O. The number of benzene rings is 2. The molecule has 37 heavy (non-hydrogen) atoms. The smallest absolute Gasteiger partial charge is 0.323 e. The third kappa shape index (κ3) is 2.27. The van der Waals surface area contributed by atoms with Crippen molar-refractivity contribution < 1.29 is 38.1 Å². The van der Waals surface area contributed by atoms with Crippen LogP contribution in [-0.2, 0) is 49.3 Å². The Morgan fingerprint density at radius 3 is 2.27 bits per heavy atom. The van der Waals surface area contributed by atoms with E-state index in [9.17, 15) is 14.4 Å². The minimum absolute atomic E-state index is 0.168. The quantitative estimate of drug-likeness (QED) is 0.610. The summed E-state index contributed by atoms with van der Waals surface area (Å²) in [5, 5.41) is 0. The lowest BCUT2D eigenvalue weighted by Crippen LogP contribution is -2.85. The Morgan fingerprint density at radius 2 is 1.59 bits per heavy atom. The van der Waals surface area contributed by atoms with Gasteiger partial charge in [-0.05, 0) is 19.1 Å². The molecule has 2 aromatic rings. The molecule has 5 atom stereocenters. The highest BCUT2D eigenvalue weighted by Gasteiger charge is 2.94. The van der Waals surface area contributed by atoms with E-state index in [1.165, 1.54) is 25.0 Å². The Hall–Kier alpha value is -3.48. The molecule has 3 amide bonds. The molecule has 7 rings (SSSR count). The minimum Gasteiger partial charge on any atom is -0.323 e. The van der Waals surface area contributed by atoms with Crippen LogP contribution >= 0.6 is 0 Å². The summed E-state index contributed by atoms with van der Waals surface area (Å²) in [5.41, 5.74) is -2.16. The van der Waals surface area contributed by atoms with Gasteiger partial charge in [-0.3, -0.25) is 33.5 Å². The largest absolute Gasteiger partial charge is 0.327 e.